The molecule has 0 amide bonds. The standard InChI is InChI=1S/C22H27NO2.C14H27NO6.ClH/c1-4-22(24)10-8-18-16-6-5-15-11-19-14(13-23-25-19)12-20(15,2)17(16)7-9-21(18,22)3;1-14(2)20-12-11(18-7-5-6-15(3)4)10(9(17)8-16)19-13(12)21-14;/h1,11,13,16-18,24H,5-10,12H2,2-3H3;9-13,16-17H,5-8H2,1-4H3;1H. The molecule has 264 valence electrons. The van der Waals surface area contributed by atoms with Gasteiger partial charge in [0, 0.05) is 17.6 Å². The summed E-state index contributed by atoms with van der Waals surface area (Å²) < 4.78 is 28.4. The highest BCUT2D eigenvalue weighted by molar-refractivity contribution is 5.85. The molecule has 11 heteroatoms. The number of hydrogen-bond acceptors (Lipinski definition) is 10. The van der Waals surface area contributed by atoms with Crippen molar-refractivity contribution in [2.75, 3.05) is 33.9 Å². The van der Waals surface area contributed by atoms with Crippen LogP contribution in [0.2, 0.25) is 0 Å². The topological polar surface area (TPSA) is 127 Å². The normalized spacial score (nSPS) is 41.6. The lowest BCUT2D eigenvalue weighted by Gasteiger charge is -2.58. The first-order chi connectivity index (χ1) is 21.7. The van der Waals surface area contributed by atoms with Crippen LogP contribution in [0, 0.1) is 40.9 Å². The van der Waals surface area contributed by atoms with Crippen LogP contribution < -0.4 is 0 Å². The maximum Gasteiger partial charge on any atom is 0.190 e. The van der Waals surface area contributed by atoms with Gasteiger partial charge < -0.3 is 43.7 Å². The fourth-order valence-corrected chi connectivity index (χ4v) is 9.84. The highest BCUT2D eigenvalue weighted by Gasteiger charge is 2.64. The summed E-state index contributed by atoms with van der Waals surface area (Å²) in [6.45, 7) is 9.41. The maximum absolute atomic E-state index is 11.1. The van der Waals surface area contributed by atoms with Crippen molar-refractivity contribution in [1.29, 1.82) is 0 Å². The van der Waals surface area contributed by atoms with Crippen molar-refractivity contribution in [3.8, 4) is 12.3 Å². The second-order valence-corrected chi connectivity index (χ2v) is 15.7. The van der Waals surface area contributed by atoms with Gasteiger partial charge in [-0.1, -0.05) is 30.5 Å². The van der Waals surface area contributed by atoms with Gasteiger partial charge in [-0.05, 0) is 115 Å². The molecular weight excluding hydrogens is 624 g/mol. The van der Waals surface area contributed by atoms with Crippen LogP contribution in [0.3, 0.4) is 0 Å². The van der Waals surface area contributed by atoms with Crippen molar-refractivity contribution < 1.29 is 38.8 Å². The van der Waals surface area contributed by atoms with Crippen LogP contribution >= 0.6 is 12.4 Å². The first-order valence-electron chi connectivity index (χ1n) is 17.2. The summed E-state index contributed by atoms with van der Waals surface area (Å²) >= 11 is 0. The number of terminal acetylenes is 1. The molecular formula is C36H55ClN2O8. The second kappa shape index (κ2) is 13.7. The van der Waals surface area contributed by atoms with E-state index >= 15 is 0 Å². The van der Waals surface area contributed by atoms with Gasteiger partial charge in [-0.3, -0.25) is 0 Å². The van der Waals surface area contributed by atoms with E-state index < -0.39 is 36.0 Å². The van der Waals surface area contributed by atoms with Gasteiger partial charge in [0.15, 0.2) is 17.8 Å². The molecule has 0 aromatic carbocycles. The summed E-state index contributed by atoms with van der Waals surface area (Å²) in [7, 11) is 4.01. The molecule has 0 bridgehead atoms. The van der Waals surface area contributed by atoms with Gasteiger partial charge in [-0.25, -0.2) is 0 Å². The van der Waals surface area contributed by atoms with E-state index in [1.54, 1.807) is 5.57 Å². The lowest BCUT2D eigenvalue weighted by atomic mass is 9.46. The largest absolute Gasteiger partial charge is 0.394 e. The third-order valence-electron chi connectivity index (χ3n) is 12.3. The Kier molecular flexibility index (Phi) is 10.7. The fraction of sp³-hybridized carbons (Fsp3) is 0.806. The van der Waals surface area contributed by atoms with Gasteiger partial charge in [-0.15, -0.1) is 18.8 Å². The number of aromatic nitrogens is 1. The third kappa shape index (κ3) is 6.46. The van der Waals surface area contributed by atoms with Gasteiger partial charge in [-0.2, -0.15) is 0 Å². The Hall–Kier alpha value is -1.52. The van der Waals surface area contributed by atoms with E-state index in [9.17, 15) is 10.2 Å². The van der Waals surface area contributed by atoms with Crippen LogP contribution in [-0.2, 0) is 25.4 Å². The molecule has 3 saturated carbocycles. The molecule has 0 spiro atoms. The van der Waals surface area contributed by atoms with Gasteiger partial charge in [0.2, 0.25) is 0 Å². The zero-order chi connectivity index (χ0) is 33.1. The number of aliphatic hydroxyl groups excluding tert-OH is 2. The predicted octanol–water partition coefficient (Wildman–Crippen LogP) is 4.20. The Labute approximate surface area is 285 Å². The molecule has 47 heavy (non-hydrogen) atoms. The molecule has 1 aromatic rings. The number of aliphatic hydroxyl groups is 3. The van der Waals surface area contributed by atoms with Crippen LogP contribution in [0.15, 0.2) is 16.3 Å². The smallest absolute Gasteiger partial charge is 0.190 e. The first-order valence-corrected chi connectivity index (χ1v) is 17.2. The molecule has 7 rings (SSSR count). The number of nitrogens with zero attached hydrogens (tertiary/aromatic N) is 2. The van der Waals surface area contributed by atoms with Crippen molar-refractivity contribution in [3.05, 3.63) is 23.1 Å². The van der Waals surface area contributed by atoms with E-state index in [0.29, 0.717) is 24.4 Å². The zero-order valence-electron chi connectivity index (χ0n) is 28.8. The van der Waals surface area contributed by atoms with Crippen LogP contribution in [0.25, 0.3) is 6.08 Å². The lowest BCUT2D eigenvalue weighted by molar-refractivity contribution is -0.231. The number of hydrogen-bond donors (Lipinski definition) is 3. The van der Waals surface area contributed by atoms with Crippen LogP contribution in [-0.4, -0.2) is 101 Å². The second-order valence-electron chi connectivity index (χ2n) is 15.7. The van der Waals surface area contributed by atoms with Crippen molar-refractivity contribution in [1.82, 2.24) is 10.1 Å². The molecule has 0 radical (unpaired) electrons. The molecule has 1 aromatic heterocycles. The molecule has 11 unspecified atom stereocenters. The van der Waals surface area contributed by atoms with E-state index in [1.165, 1.54) is 12.0 Å². The fourth-order valence-electron chi connectivity index (χ4n) is 9.84. The molecule has 10 nitrogen and oxygen atoms in total. The molecule has 2 aliphatic heterocycles. The van der Waals surface area contributed by atoms with Gasteiger partial charge in [0.1, 0.15) is 30.0 Å². The molecule has 5 fully saturated rings. The van der Waals surface area contributed by atoms with Crippen LogP contribution in [0.4, 0.5) is 0 Å². The Morgan fingerprint density at radius 2 is 1.87 bits per heavy atom. The van der Waals surface area contributed by atoms with Crippen LogP contribution in [0.1, 0.15) is 84.0 Å². The van der Waals surface area contributed by atoms with Crippen molar-refractivity contribution >= 4 is 18.5 Å². The van der Waals surface area contributed by atoms with Crippen molar-refractivity contribution in [2.24, 2.45) is 28.6 Å². The van der Waals surface area contributed by atoms with E-state index in [0.717, 1.165) is 57.3 Å². The highest BCUT2D eigenvalue weighted by atomic mass is 35.5. The number of fused-ring (bicyclic) bond motifs is 7. The number of halogens is 1. The number of allylic oxidation sites excluding steroid dienone is 1. The first kappa shape index (κ1) is 36.8. The highest BCUT2D eigenvalue weighted by Crippen LogP contribution is 2.67. The van der Waals surface area contributed by atoms with Gasteiger partial charge in [0.05, 0.1) is 12.8 Å². The molecule has 3 N–H and O–H groups in total. The Balaban J connectivity index is 0.000000184. The van der Waals surface area contributed by atoms with Crippen molar-refractivity contribution in [3.63, 3.8) is 0 Å². The zero-order valence-corrected chi connectivity index (χ0v) is 29.6. The Morgan fingerprint density at radius 3 is 2.57 bits per heavy atom. The Bertz CT molecular complexity index is 1330. The third-order valence-corrected chi connectivity index (χ3v) is 12.3. The minimum absolute atomic E-state index is 0. The van der Waals surface area contributed by atoms with E-state index in [4.69, 9.17) is 35.0 Å². The maximum atomic E-state index is 11.1. The average Bonchev–Trinajstić information content (AvgIpc) is 3.74. The van der Waals surface area contributed by atoms with Gasteiger partial charge >= 0.3 is 0 Å². The summed E-state index contributed by atoms with van der Waals surface area (Å²) in [5, 5.41) is 34.1. The number of rotatable bonds is 7. The minimum atomic E-state index is -1.01. The Morgan fingerprint density at radius 1 is 1.13 bits per heavy atom. The van der Waals surface area contributed by atoms with Crippen LogP contribution in [0.5, 0.6) is 0 Å². The van der Waals surface area contributed by atoms with E-state index in [1.807, 2.05) is 34.1 Å². The quantitative estimate of drug-likeness (QED) is 0.285. The van der Waals surface area contributed by atoms with Crippen molar-refractivity contribution in [2.45, 2.75) is 121 Å². The average molecular weight is 679 g/mol. The summed E-state index contributed by atoms with van der Waals surface area (Å²) in [5.74, 6) is 4.91. The summed E-state index contributed by atoms with van der Waals surface area (Å²) in [6, 6.07) is 0. The van der Waals surface area contributed by atoms with Gasteiger partial charge in [0.25, 0.3) is 0 Å². The summed E-state index contributed by atoms with van der Waals surface area (Å²) in [6.07, 6.45) is 15.2. The predicted molar refractivity (Wildman–Crippen MR) is 178 cm³/mol. The minimum Gasteiger partial charge on any atom is -0.394 e. The summed E-state index contributed by atoms with van der Waals surface area (Å²) in [4.78, 5) is 2.08. The summed E-state index contributed by atoms with van der Waals surface area (Å²) in [5.41, 5.74) is 1.99. The monoisotopic (exact) mass is 678 g/mol. The lowest BCUT2D eigenvalue weighted by Crippen LogP contribution is -2.54. The van der Waals surface area contributed by atoms with E-state index in [2.05, 4.69) is 35.9 Å². The molecule has 3 heterocycles. The molecule has 2 saturated heterocycles. The van der Waals surface area contributed by atoms with E-state index in [-0.39, 0.29) is 35.9 Å². The molecule has 4 aliphatic carbocycles. The molecule has 6 aliphatic rings. The number of ether oxygens (including phenoxy) is 4. The SMILES string of the molecule is C#CC1(O)CCC2C3CCC4=Cc5oncc5CC4(C)C3CCC21C.CN(C)CCCOC1C(C(O)CO)OC2OC(C)(C)OC21.Cl. The molecule has 11 atom stereocenters.